The topological polar surface area (TPSA) is 110 Å². The van der Waals surface area contributed by atoms with Crippen LogP contribution >= 0.6 is 0 Å². The van der Waals surface area contributed by atoms with Crippen LogP contribution in [0.5, 0.6) is 0 Å². The first-order valence-electron chi connectivity index (χ1n) is 9.07. The van der Waals surface area contributed by atoms with Crippen LogP contribution in [0, 0.1) is 0 Å². The molecule has 1 aliphatic rings. The summed E-state index contributed by atoms with van der Waals surface area (Å²) in [4.78, 5) is 0.250. The minimum absolute atomic E-state index is 0.0344. The fourth-order valence-corrected chi connectivity index (χ4v) is 4.28. The third-order valence-electron chi connectivity index (χ3n) is 4.90. The Morgan fingerprint density at radius 1 is 0.900 bits per heavy atom. The van der Waals surface area contributed by atoms with Gasteiger partial charge in [0, 0.05) is 6.42 Å². The van der Waals surface area contributed by atoms with Crippen molar-refractivity contribution in [2.45, 2.75) is 22.3 Å². The summed E-state index contributed by atoms with van der Waals surface area (Å²) in [5.41, 5.74) is 3.42. The molecule has 7 nitrogen and oxygen atoms in total. The zero-order valence-electron chi connectivity index (χ0n) is 15.7. The van der Waals surface area contributed by atoms with Gasteiger partial charge in [0.15, 0.2) is 0 Å². The molecule has 0 fully saturated rings. The number of benzene rings is 3. The second kappa shape index (κ2) is 7.94. The molecule has 1 atom stereocenters. The number of hydrazone groups is 1. The molecule has 0 aromatic heterocycles. The Balaban J connectivity index is 1.73. The average Bonchev–Trinajstić information content (AvgIpc) is 3.19. The van der Waals surface area contributed by atoms with Gasteiger partial charge in [-0.3, -0.25) is 5.01 Å². The largest absolute Gasteiger partial charge is 0.257 e. The number of anilines is 1. The highest BCUT2D eigenvalue weighted by Gasteiger charge is 2.30. The van der Waals surface area contributed by atoms with E-state index in [0.29, 0.717) is 6.42 Å². The first kappa shape index (κ1) is 20.1. The summed E-state index contributed by atoms with van der Waals surface area (Å²) in [6, 6.07) is 22.6. The Kier molecular flexibility index (Phi) is 5.33. The SMILES string of the molecule is NS(=O)(=O)c1ccc(N2N=C(c3ccc([S](=O)=O)cc3)CC2c2ccccc2)cc1. The molecule has 153 valence electrons. The Morgan fingerprint density at radius 3 is 2.10 bits per heavy atom. The molecular formula is C21H18N3O4S2. The summed E-state index contributed by atoms with van der Waals surface area (Å²) in [6.07, 6.45) is 0.612. The second-order valence-electron chi connectivity index (χ2n) is 6.82. The lowest BCUT2D eigenvalue weighted by molar-refractivity contribution is 0.597. The van der Waals surface area contributed by atoms with E-state index in [1.165, 1.54) is 12.1 Å². The van der Waals surface area contributed by atoms with Crippen LogP contribution in [-0.2, 0) is 20.7 Å². The van der Waals surface area contributed by atoms with Gasteiger partial charge < -0.3 is 0 Å². The van der Waals surface area contributed by atoms with Crippen LogP contribution in [0.25, 0.3) is 0 Å². The minimum atomic E-state index is -3.78. The molecule has 0 amide bonds. The van der Waals surface area contributed by atoms with Crippen molar-refractivity contribution in [2.75, 3.05) is 5.01 Å². The average molecular weight is 441 g/mol. The van der Waals surface area contributed by atoms with E-state index in [-0.39, 0.29) is 15.8 Å². The molecule has 9 heteroatoms. The van der Waals surface area contributed by atoms with Crippen molar-refractivity contribution in [3.05, 3.63) is 90.0 Å². The lowest BCUT2D eigenvalue weighted by Gasteiger charge is -2.24. The van der Waals surface area contributed by atoms with E-state index in [2.05, 4.69) is 0 Å². The number of primary sulfonamides is 1. The van der Waals surface area contributed by atoms with Crippen LogP contribution in [0.3, 0.4) is 0 Å². The van der Waals surface area contributed by atoms with Crippen molar-refractivity contribution in [1.29, 1.82) is 0 Å². The molecule has 1 unspecified atom stereocenters. The highest BCUT2D eigenvalue weighted by molar-refractivity contribution is 7.89. The summed E-state index contributed by atoms with van der Waals surface area (Å²) < 4.78 is 45.3. The standard InChI is InChI=1S/C21H18N3O4S2/c22-30(27,28)19-12-8-17(9-13-19)24-21(16-4-2-1-3-5-16)14-20(23-24)15-6-10-18(11-7-15)29(25)26/h1-13,21H,14H2,(H2,22,27,28). The molecule has 0 spiro atoms. The van der Waals surface area contributed by atoms with Gasteiger partial charge in [0.2, 0.25) is 20.7 Å². The summed E-state index contributed by atoms with van der Waals surface area (Å²) in [7, 11) is -6.06. The summed E-state index contributed by atoms with van der Waals surface area (Å²) in [6.45, 7) is 0. The molecule has 4 rings (SSSR count). The van der Waals surface area contributed by atoms with Crippen molar-refractivity contribution in [3.8, 4) is 0 Å². The smallest absolute Gasteiger partial charge is 0.238 e. The molecule has 0 saturated heterocycles. The van der Waals surface area contributed by atoms with Gasteiger partial charge in [-0.25, -0.2) is 13.6 Å². The highest BCUT2D eigenvalue weighted by atomic mass is 32.2. The van der Waals surface area contributed by atoms with Gasteiger partial charge in [0.1, 0.15) is 0 Å². The van der Waals surface area contributed by atoms with E-state index < -0.39 is 20.7 Å². The highest BCUT2D eigenvalue weighted by Crippen LogP contribution is 2.36. The fourth-order valence-electron chi connectivity index (χ4n) is 3.40. The normalized spacial score (nSPS) is 16.4. The molecule has 0 bridgehead atoms. The number of nitrogens with two attached hydrogens (primary N) is 1. The molecule has 1 heterocycles. The van der Waals surface area contributed by atoms with Gasteiger partial charge in [-0.1, -0.05) is 42.5 Å². The van der Waals surface area contributed by atoms with E-state index in [0.717, 1.165) is 22.5 Å². The van der Waals surface area contributed by atoms with Gasteiger partial charge in [0.05, 0.1) is 27.2 Å². The molecule has 3 aromatic carbocycles. The summed E-state index contributed by atoms with van der Waals surface area (Å²) in [5.74, 6) is 0. The maximum Gasteiger partial charge on any atom is 0.238 e. The van der Waals surface area contributed by atoms with Gasteiger partial charge >= 0.3 is 0 Å². The van der Waals surface area contributed by atoms with Gasteiger partial charge in [0.25, 0.3) is 0 Å². The number of hydrogen-bond donors (Lipinski definition) is 1. The van der Waals surface area contributed by atoms with Crippen LogP contribution in [0.15, 0.2) is 93.8 Å². The third-order valence-corrected chi connectivity index (χ3v) is 6.49. The van der Waals surface area contributed by atoms with Crippen LogP contribution in [0.2, 0.25) is 0 Å². The first-order valence-corrected chi connectivity index (χ1v) is 11.7. The molecule has 1 aliphatic heterocycles. The predicted octanol–water partition coefficient (Wildman–Crippen LogP) is 2.93. The molecular weight excluding hydrogens is 422 g/mol. The van der Waals surface area contributed by atoms with E-state index in [1.54, 1.807) is 36.4 Å². The van der Waals surface area contributed by atoms with Crippen molar-refractivity contribution in [3.63, 3.8) is 0 Å². The van der Waals surface area contributed by atoms with E-state index in [4.69, 9.17) is 10.2 Å². The molecule has 3 aromatic rings. The van der Waals surface area contributed by atoms with Crippen LogP contribution in [-0.4, -0.2) is 22.5 Å². The van der Waals surface area contributed by atoms with E-state index >= 15 is 0 Å². The van der Waals surface area contributed by atoms with Gasteiger partial charge in [-0.05, 0) is 47.5 Å². The minimum Gasteiger partial charge on any atom is -0.257 e. The number of nitrogens with zero attached hydrogens (tertiary/aromatic N) is 2. The Labute approximate surface area is 176 Å². The Bertz CT molecular complexity index is 1260. The monoisotopic (exact) mass is 440 g/mol. The van der Waals surface area contributed by atoms with Crippen molar-refractivity contribution < 1.29 is 16.8 Å². The van der Waals surface area contributed by atoms with Crippen LogP contribution < -0.4 is 10.1 Å². The molecule has 0 aliphatic carbocycles. The van der Waals surface area contributed by atoms with E-state index in [9.17, 15) is 16.8 Å². The quantitative estimate of drug-likeness (QED) is 0.656. The summed E-state index contributed by atoms with van der Waals surface area (Å²) >= 11 is 0. The van der Waals surface area contributed by atoms with Crippen LogP contribution in [0.4, 0.5) is 5.69 Å². The van der Waals surface area contributed by atoms with Crippen LogP contribution in [0.1, 0.15) is 23.6 Å². The van der Waals surface area contributed by atoms with Gasteiger partial charge in [-0.15, -0.1) is 0 Å². The van der Waals surface area contributed by atoms with Gasteiger partial charge in [-0.2, -0.15) is 13.5 Å². The molecule has 30 heavy (non-hydrogen) atoms. The molecule has 2 N–H and O–H groups in total. The summed E-state index contributed by atoms with van der Waals surface area (Å²) in [5, 5.41) is 11.8. The van der Waals surface area contributed by atoms with Crippen molar-refractivity contribution in [1.82, 2.24) is 0 Å². The predicted molar refractivity (Wildman–Crippen MR) is 114 cm³/mol. The maximum atomic E-state index is 11.6. The number of hydrogen-bond acceptors (Lipinski definition) is 6. The Morgan fingerprint density at radius 2 is 1.53 bits per heavy atom. The second-order valence-corrected chi connectivity index (χ2v) is 9.32. The first-order chi connectivity index (χ1) is 14.3. The zero-order chi connectivity index (χ0) is 21.3. The number of rotatable bonds is 5. The van der Waals surface area contributed by atoms with Crippen molar-refractivity contribution >= 4 is 32.1 Å². The van der Waals surface area contributed by atoms with E-state index in [1.807, 2.05) is 35.3 Å². The zero-order valence-corrected chi connectivity index (χ0v) is 17.3. The van der Waals surface area contributed by atoms with Crippen molar-refractivity contribution in [2.24, 2.45) is 10.2 Å². The third kappa shape index (κ3) is 4.09. The lowest BCUT2D eigenvalue weighted by atomic mass is 9.98. The lowest BCUT2D eigenvalue weighted by Crippen LogP contribution is -2.19. The maximum absolute atomic E-state index is 11.6. The molecule has 1 radical (unpaired) electrons. The molecule has 0 saturated carbocycles. The fraction of sp³-hybridized carbons (Fsp3) is 0.0952. The Hall–Kier alpha value is -3.14. The number of sulfonamides is 1.